The van der Waals surface area contributed by atoms with Gasteiger partial charge in [0.1, 0.15) is 11.3 Å². The zero-order valence-electron chi connectivity index (χ0n) is 11.0. The van der Waals surface area contributed by atoms with Crippen molar-refractivity contribution in [3.05, 3.63) is 27.7 Å². The summed E-state index contributed by atoms with van der Waals surface area (Å²) < 4.78 is 6.45. The molecule has 100 valence electrons. The minimum absolute atomic E-state index is 0.213. The summed E-state index contributed by atoms with van der Waals surface area (Å²) in [6.07, 6.45) is 2.19. The van der Waals surface area contributed by atoms with Crippen molar-refractivity contribution in [2.24, 2.45) is 5.92 Å². The maximum Gasteiger partial charge on any atom is 0.339 e. The lowest BCUT2D eigenvalue weighted by atomic mass is 10.1. The van der Waals surface area contributed by atoms with Crippen molar-refractivity contribution < 1.29 is 14.6 Å². The highest BCUT2D eigenvalue weighted by molar-refractivity contribution is 9.10. The molecule has 0 spiro atoms. The average Bonchev–Trinajstić information content (AvgIpc) is 2.27. The van der Waals surface area contributed by atoms with Crippen molar-refractivity contribution in [2.75, 3.05) is 6.61 Å². The van der Waals surface area contributed by atoms with Gasteiger partial charge in [0, 0.05) is 4.47 Å². The molecule has 0 radical (unpaired) electrons. The van der Waals surface area contributed by atoms with E-state index in [1.54, 1.807) is 6.07 Å². The van der Waals surface area contributed by atoms with Gasteiger partial charge in [-0.3, -0.25) is 0 Å². The summed E-state index contributed by atoms with van der Waals surface area (Å²) >= 11 is 3.30. The van der Waals surface area contributed by atoms with Crippen LogP contribution in [0.2, 0.25) is 0 Å². The zero-order valence-corrected chi connectivity index (χ0v) is 12.6. The van der Waals surface area contributed by atoms with E-state index in [9.17, 15) is 9.90 Å². The number of aryl methyl sites for hydroxylation is 1. The summed E-state index contributed by atoms with van der Waals surface area (Å²) in [4.78, 5) is 11.2. The summed E-state index contributed by atoms with van der Waals surface area (Å²) in [5.74, 6) is -0.0501. The van der Waals surface area contributed by atoms with Gasteiger partial charge in [0.05, 0.1) is 6.61 Å². The SMILES string of the molecule is CCCC(C)COc1c(C)cc(Br)cc1C(=O)O. The Hall–Kier alpha value is -1.03. The molecular weight excluding hydrogens is 296 g/mol. The van der Waals surface area contributed by atoms with Crippen molar-refractivity contribution >= 4 is 21.9 Å². The smallest absolute Gasteiger partial charge is 0.339 e. The maximum absolute atomic E-state index is 11.2. The quantitative estimate of drug-likeness (QED) is 0.852. The van der Waals surface area contributed by atoms with Crippen LogP contribution in [-0.4, -0.2) is 17.7 Å². The molecule has 1 atom stereocenters. The Balaban J connectivity index is 2.90. The van der Waals surface area contributed by atoms with E-state index in [1.807, 2.05) is 13.0 Å². The lowest BCUT2D eigenvalue weighted by molar-refractivity contribution is 0.0691. The number of ether oxygens (including phenoxy) is 1. The first kappa shape index (κ1) is 15.0. The third-order valence-electron chi connectivity index (χ3n) is 2.76. The predicted molar refractivity (Wildman–Crippen MR) is 75.4 cm³/mol. The second-order valence-corrected chi connectivity index (χ2v) is 5.53. The highest BCUT2D eigenvalue weighted by Crippen LogP contribution is 2.28. The van der Waals surface area contributed by atoms with Gasteiger partial charge in [0.2, 0.25) is 0 Å². The Morgan fingerprint density at radius 2 is 2.17 bits per heavy atom. The number of carbonyl (C=O) groups is 1. The molecule has 1 aromatic rings. The summed E-state index contributed by atoms with van der Waals surface area (Å²) in [6, 6.07) is 3.45. The van der Waals surface area contributed by atoms with Gasteiger partial charge in [-0.1, -0.05) is 36.2 Å². The Bertz CT molecular complexity index is 429. The minimum atomic E-state index is -0.961. The van der Waals surface area contributed by atoms with E-state index in [1.165, 1.54) is 0 Å². The monoisotopic (exact) mass is 314 g/mol. The fourth-order valence-corrected chi connectivity index (χ4v) is 2.45. The molecule has 1 rings (SSSR count). The molecular formula is C14H19BrO3. The van der Waals surface area contributed by atoms with Gasteiger partial charge in [-0.05, 0) is 37.0 Å². The van der Waals surface area contributed by atoms with E-state index >= 15 is 0 Å². The molecule has 1 N–H and O–H groups in total. The van der Waals surface area contributed by atoms with Crippen LogP contribution in [0.1, 0.15) is 42.6 Å². The summed E-state index contributed by atoms with van der Waals surface area (Å²) in [5.41, 5.74) is 1.05. The van der Waals surface area contributed by atoms with Crippen LogP contribution in [-0.2, 0) is 0 Å². The molecule has 18 heavy (non-hydrogen) atoms. The molecule has 0 bridgehead atoms. The molecule has 3 nitrogen and oxygen atoms in total. The Morgan fingerprint density at radius 1 is 1.50 bits per heavy atom. The first-order valence-corrected chi connectivity index (χ1v) is 6.91. The van der Waals surface area contributed by atoms with Crippen molar-refractivity contribution in [1.29, 1.82) is 0 Å². The van der Waals surface area contributed by atoms with Crippen LogP contribution in [0.5, 0.6) is 5.75 Å². The van der Waals surface area contributed by atoms with Gasteiger partial charge in [0.15, 0.2) is 0 Å². The zero-order chi connectivity index (χ0) is 13.7. The second kappa shape index (κ2) is 6.78. The van der Waals surface area contributed by atoms with Crippen LogP contribution in [0.15, 0.2) is 16.6 Å². The van der Waals surface area contributed by atoms with Crippen molar-refractivity contribution in [3.8, 4) is 5.75 Å². The largest absolute Gasteiger partial charge is 0.492 e. The number of hydrogen-bond acceptors (Lipinski definition) is 2. The van der Waals surface area contributed by atoms with E-state index in [0.29, 0.717) is 18.3 Å². The number of carboxylic acid groups (broad SMARTS) is 1. The molecule has 0 saturated carbocycles. The molecule has 0 amide bonds. The molecule has 0 heterocycles. The third kappa shape index (κ3) is 4.02. The van der Waals surface area contributed by atoms with Crippen molar-refractivity contribution in [3.63, 3.8) is 0 Å². The van der Waals surface area contributed by atoms with Crippen LogP contribution in [0.3, 0.4) is 0 Å². The number of carboxylic acids is 1. The van der Waals surface area contributed by atoms with Crippen LogP contribution in [0, 0.1) is 12.8 Å². The lowest BCUT2D eigenvalue weighted by Gasteiger charge is -2.16. The van der Waals surface area contributed by atoms with Crippen molar-refractivity contribution in [2.45, 2.75) is 33.6 Å². The van der Waals surface area contributed by atoms with Gasteiger partial charge in [-0.25, -0.2) is 4.79 Å². The molecule has 1 unspecified atom stereocenters. The molecule has 0 saturated heterocycles. The van der Waals surface area contributed by atoms with E-state index in [0.717, 1.165) is 22.9 Å². The van der Waals surface area contributed by atoms with Crippen molar-refractivity contribution in [1.82, 2.24) is 0 Å². The normalized spacial score (nSPS) is 12.2. The van der Waals surface area contributed by atoms with Gasteiger partial charge >= 0.3 is 5.97 Å². The average molecular weight is 315 g/mol. The highest BCUT2D eigenvalue weighted by Gasteiger charge is 2.16. The first-order chi connectivity index (χ1) is 8.45. The Kier molecular flexibility index (Phi) is 5.66. The standard InChI is InChI=1S/C14H19BrO3/c1-4-5-9(2)8-18-13-10(3)6-11(15)7-12(13)14(16)17/h6-7,9H,4-5,8H2,1-3H3,(H,16,17). The molecule has 1 aromatic carbocycles. The fourth-order valence-electron chi connectivity index (χ4n) is 1.88. The van der Waals surface area contributed by atoms with Gasteiger partial charge in [-0.15, -0.1) is 0 Å². The molecule has 0 aliphatic heterocycles. The van der Waals surface area contributed by atoms with Crippen LogP contribution < -0.4 is 4.74 Å². The number of benzene rings is 1. The lowest BCUT2D eigenvalue weighted by Crippen LogP contribution is -2.12. The summed E-state index contributed by atoms with van der Waals surface area (Å²) in [6.45, 7) is 6.65. The first-order valence-electron chi connectivity index (χ1n) is 6.12. The fraction of sp³-hybridized carbons (Fsp3) is 0.500. The van der Waals surface area contributed by atoms with Crippen LogP contribution in [0.25, 0.3) is 0 Å². The van der Waals surface area contributed by atoms with Gasteiger partial charge in [0.25, 0.3) is 0 Å². The Labute approximate surface area is 116 Å². The number of halogens is 1. The van der Waals surface area contributed by atoms with Crippen LogP contribution >= 0.6 is 15.9 Å². The van der Waals surface area contributed by atoms with E-state index in [-0.39, 0.29) is 5.56 Å². The topological polar surface area (TPSA) is 46.5 Å². The number of aromatic carboxylic acids is 1. The van der Waals surface area contributed by atoms with Gasteiger partial charge in [-0.2, -0.15) is 0 Å². The molecule has 4 heteroatoms. The van der Waals surface area contributed by atoms with E-state index in [4.69, 9.17) is 4.74 Å². The third-order valence-corrected chi connectivity index (χ3v) is 3.22. The molecule has 0 aliphatic rings. The van der Waals surface area contributed by atoms with Crippen LogP contribution in [0.4, 0.5) is 0 Å². The predicted octanol–water partition coefficient (Wildman–Crippen LogP) is 4.27. The van der Waals surface area contributed by atoms with E-state index in [2.05, 4.69) is 29.8 Å². The molecule has 0 aliphatic carbocycles. The minimum Gasteiger partial charge on any atom is -0.492 e. The highest BCUT2D eigenvalue weighted by atomic mass is 79.9. The maximum atomic E-state index is 11.2. The Morgan fingerprint density at radius 3 is 2.72 bits per heavy atom. The van der Waals surface area contributed by atoms with E-state index < -0.39 is 5.97 Å². The summed E-state index contributed by atoms with van der Waals surface area (Å²) in [5, 5.41) is 9.18. The molecule has 0 aromatic heterocycles. The summed E-state index contributed by atoms with van der Waals surface area (Å²) in [7, 11) is 0. The van der Waals surface area contributed by atoms with Gasteiger partial charge < -0.3 is 9.84 Å². The molecule has 0 fully saturated rings. The second-order valence-electron chi connectivity index (χ2n) is 4.61. The number of hydrogen-bond donors (Lipinski definition) is 1. The number of rotatable bonds is 6.